The predicted octanol–water partition coefficient (Wildman–Crippen LogP) is 1.53. The molecule has 102 valence electrons. The van der Waals surface area contributed by atoms with Crippen molar-refractivity contribution < 1.29 is 13.5 Å². The van der Waals surface area contributed by atoms with Crippen molar-refractivity contribution in [1.29, 1.82) is 0 Å². The number of halogens is 1. The predicted molar refractivity (Wildman–Crippen MR) is 72.6 cm³/mol. The van der Waals surface area contributed by atoms with Crippen LogP contribution in [0, 0.1) is 5.92 Å². The highest BCUT2D eigenvalue weighted by atomic mass is 79.9. The van der Waals surface area contributed by atoms with Crippen molar-refractivity contribution in [3.63, 3.8) is 0 Å². The lowest BCUT2D eigenvalue weighted by Crippen LogP contribution is -2.25. The highest BCUT2D eigenvalue weighted by Crippen LogP contribution is 2.14. The Morgan fingerprint density at radius 2 is 2.22 bits per heavy atom. The maximum atomic E-state index is 11.9. The molecule has 18 heavy (non-hydrogen) atoms. The van der Waals surface area contributed by atoms with E-state index in [1.165, 1.54) is 18.5 Å². The lowest BCUT2D eigenvalue weighted by molar-refractivity contribution is 0.228. The molecule has 0 fully saturated rings. The number of nitrogens with one attached hydrogen (secondary N) is 1. The summed E-state index contributed by atoms with van der Waals surface area (Å²) in [7, 11) is -3.49. The number of aromatic nitrogens is 1. The number of nitrogens with zero attached hydrogens (tertiary/aromatic N) is 1. The van der Waals surface area contributed by atoms with Crippen molar-refractivity contribution in [2.45, 2.75) is 24.7 Å². The Hall–Kier alpha value is -0.500. The van der Waals surface area contributed by atoms with Gasteiger partial charge < -0.3 is 5.11 Å². The summed E-state index contributed by atoms with van der Waals surface area (Å²) in [5.41, 5.74) is 0. The fourth-order valence-electron chi connectivity index (χ4n) is 1.37. The molecule has 0 radical (unpaired) electrons. The van der Waals surface area contributed by atoms with E-state index < -0.39 is 10.0 Å². The van der Waals surface area contributed by atoms with Crippen molar-refractivity contribution in [2.75, 3.05) is 13.2 Å². The zero-order chi connectivity index (χ0) is 13.6. The van der Waals surface area contributed by atoms with Gasteiger partial charge in [0.25, 0.3) is 0 Å². The van der Waals surface area contributed by atoms with Crippen LogP contribution in [0.3, 0.4) is 0 Å². The Balaban J connectivity index is 2.51. The van der Waals surface area contributed by atoms with Gasteiger partial charge in [0.1, 0.15) is 4.90 Å². The molecule has 0 saturated heterocycles. The number of hydrogen-bond donors (Lipinski definition) is 2. The van der Waals surface area contributed by atoms with Gasteiger partial charge in [0.15, 0.2) is 0 Å². The summed E-state index contributed by atoms with van der Waals surface area (Å²) < 4.78 is 26.9. The van der Waals surface area contributed by atoms with Crippen LogP contribution in [0.25, 0.3) is 0 Å². The first-order chi connectivity index (χ1) is 8.45. The fourth-order valence-corrected chi connectivity index (χ4v) is 2.95. The number of aliphatic hydroxyl groups excluding tert-OH is 1. The van der Waals surface area contributed by atoms with E-state index in [1.807, 2.05) is 6.92 Å². The zero-order valence-electron chi connectivity index (χ0n) is 10.1. The molecule has 1 atom stereocenters. The average molecular weight is 337 g/mol. The summed E-state index contributed by atoms with van der Waals surface area (Å²) in [6.07, 6.45) is 4.32. The second-order valence-corrected chi connectivity index (χ2v) is 6.85. The minimum absolute atomic E-state index is 0.127. The van der Waals surface area contributed by atoms with Crippen LogP contribution in [0.4, 0.5) is 0 Å². The summed E-state index contributed by atoms with van der Waals surface area (Å²) in [6.45, 7) is 2.41. The maximum absolute atomic E-state index is 11.9. The number of pyridine rings is 1. The molecule has 1 aromatic rings. The van der Waals surface area contributed by atoms with E-state index in [0.29, 0.717) is 17.4 Å². The summed E-state index contributed by atoms with van der Waals surface area (Å²) in [4.78, 5) is 3.97. The summed E-state index contributed by atoms with van der Waals surface area (Å²) >= 11 is 3.18. The van der Waals surface area contributed by atoms with Crippen LogP contribution in [0.1, 0.15) is 19.8 Å². The van der Waals surface area contributed by atoms with Gasteiger partial charge in [-0.2, -0.15) is 0 Å². The Labute approximate surface area is 116 Å². The van der Waals surface area contributed by atoms with E-state index in [2.05, 4.69) is 25.6 Å². The molecule has 2 N–H and O–H groups in total. The fraction of sp³-hybridized carbons (Fsp3) is 0.545. The molecule has 0 aromatic carbocycles. The SMILES string of the molecule is CC(CO)CCCNS(=O)(=O)c1cncc(Br)c1. The number of aliphatic hydroxyl groups is 1. The minimum Gasteiger partial charge on any atom is -0.396 e. The van der Waals surface area contributed by atoms with E-state index in [4.69, 9.17) is 5.11 Å². The molecule has 0 aliphatic carbocycles. The number of rotatable bonds is 7. The van der Waals surface area contributed by atoms with Crippen LogP contribution in [0.5, 0.6) is 0 Å². The van der Waals surface area contributed by atoms with Crippen molar-refractivity contribution in [3.8, 4) is 0 Å². The van der Waals surface area contributed by atoms with Gasteiger partial charge in [-0.05, 0) is 40.8 Å². The first-order valence-electron chi connectivity index (χ1n) is 5.67. The second-order valence-electron chi connectivity index (χ2n) is 4.17. The molecule has 1 rings (SSSR count). The third-order valence-electron chi connectivity index (χ3n) is 2.47. The first-order valence-corrected chi connectivity index (χ1v) is 7.94. The molecular formula is C11H17BrN2O3S. The summed E-state index contributed by atoms with van der Waals surface area (Å²) in [5, 5.41) is 8.85. The highest BCUT2D eigenvalue weighted by Gasteiger charge is 2.14. The van der Waals surface area contributed by atoms with Gasteiger partial charge in [-0.1, -0.05) is 6.92 Å². The minimum atomic E-state index is -3.49. The largest absolute Gasteiger partial charge is 0.396 e. The Morgan fingerprint density at radius 3 is 2.83 bits per heavy atom. The lowest BCUT2D eigenvalue weighted by atomic mass is 10.1. The standard InChI is InChI=1S/C11H17BrN2O3S/c1-9(8-15)3-2-4-14-18(16,17)11-5-10(12)6-13-7-11/h5-7,9,14-15H,2-4,8H2,1H3. The zero-order valence-corrected chi connectivity index (χ0v) is 12.5. The van der Waals surface area contributed by atoms with E-state index in [-0.39, 0.29) is 17.4 Å². The molecule has 0 aliphatic heterocycles. The van der Waals surface area contributed by atoms with Crippen molar-refractivity contribution in [3.05, 3.63) is 22.9 Å². The van der Waals surface area contributed by atoms with Crippen LogP contribution < -0.4 is 4.72 Å². The molecule has 1 unspecified atom stereocenters. The van der Waals surface area contributed by atoms with Gasteiger partial charge in [-0.25, -0.2) is 13.1 Å². The van der Waals surface area contributed by atoms with Gasteiger partial charge >= 0.3 is 0 Å². The molecule has 7 heteroatoms. The molecule has 1 aromatic heterocycles. The van der Waals surface area contributed by atoms with Crippen molar-refractivity contribution in [1.82, 2.24) is 9.71 Å². The van der Waals surface area contributed by atoms with Gasteiger partial charge in [0.05, 0.1) is 0 Å². The average Bonchev–Trinajstić information content (AvgIpc) is 2.34. The molecule has 0 amide bonds. The first kappa shape index (κ1) is 15.6. The molecule has 0 bridgehead atoms. The van der Waals surface area contributed by atoms with E-state index in [0.717, 1.165) is 6.42 Å². The Kier molecular flexibility index (Phi) is 6.20. The third kappa shape index (κ3) is 5.01. The molecular weight excluding hydrogens is 320 g/mol. The highest BCUT2D eigenvalue weighted by molar-refractivity contribution is 9.10. The van der Waals surface area contributed by atoms with E-state index >= 15 is 0 Å². The van der Waals surface area contributed by atoms with Crippen LogP contribution in [0.2, 0.25) is 0 Å². The smallest absolute Gasteiger partial charge is 0.242 e. The number of sulfonamides is 1. The molecule has 1 heterocycles. The monoisotopic (exact) mass is 336 g/mol. The molecule has 5 nitrogen and oxygen atoms in total. The van der Waals surface area contributed by atoms with Gasteiger partial charge in [-0.3, -0.25) is 4.98 Å². The Morgan fingerprint density at radius 1 is 1.50 bits per heavy atom. The van der Waals surface area contributed by atoms with Crippen LogP contribution >= 0.6 is 15.9 Å². The molecule has 0 aliphatic rings. The van der Waals surface area contributed by atoms with Crippen molar-refractivity contribution >= 4 is 26.0 Å². The van der Waals surface area contributed by atoms with E-state index in [9.17, 15) is 8.42 Å². The Bertz CT molecular complexity index is 479. The molecule has 0 saturated carbocycles. The lowest BCUT2D eigenvalue weighted by Gasteiger charge is -2.09. The van der Waals surface area contributed by atoms with Crippen molar-refractivity contribution in [2.24, 2.45) is 5.92 Å². The van der Waals surface area contributed by atoms with Crippen LogP contribution in [-0.2, 0) is 10.0 Å². The van der Waals surface area contributed by atoms with Crippen LogP contribution in [0.15, 0.2) is 27.8 Å². The quantitative estimate of drug-likeness (QED) is 0.740. The third-order valence-corrected chi connectivity index (χ3v) is 4.33. The van der Waals surface area contributed by atoms with Gasteiger partial charge in [0, 0.05) is 30.0 Å². The summed E-state index contributed by atoms with van der Waals surface area (Å²) in [5.74, 6) is 0.196. The van der Waals surface area contributed by atoms with Gasteiger partial charge in [-0.15, -0.1) is 0 Å². The maximum Gasteiger partial charge on any atom is 0.242 e. The van der Waals surface area contributed by atoms with Gasteiger partial charge in [0.2, 0.25) is 10.0 Å². The second kappa shape index (κ2) is 7.18. The topological polar surface area (TPSA) is 79.3 Å². The normalized spacial score (nSPS) is 13.5. The van der Waals surface area contributed by atoms with Crippen LogP contribution in [-0.4, -0.2) is 31.7 Å². The number of hydrogen-bond acceptors (Lipinski definition) is 4. The van der Waals surface area contributed by atoms with E-state index in [1.54, 1.807) is 0 Å². The summed E-state index contributed by atoms with van der Waals surface area (Å²) in [6, 6.07) is 1.51. The molecule has 0 spiro atoms.